The highest BCUT2D eigenvalue weighted by Crippen LogP contribution is 2.17. The molecule has 1 aliphatic rings. The van der Waals surface area contributed by atoms with Gasteiger partial charge in [-0.15, -0.1) is 11.3 Å². The highest BCUT2D eigenvalue weighted by Gasteiger charge is 2.25. The maximum atomic E-state index is 9.53. The SMILES string of the molecule is CCc1ccc(CNC2COCC2O)s1. The van der Waals surface area contributed by atoms with Crippen LogP contribution in [0.2, 0.25) is 0 Å². The summed E-state index contributed by atoms with van der Waals surface area (Å²) in [6, 6.07) is 4.42. The molecule has 15 heavy (non-hydrogen) atoms. The molecule has 2 N–H and O–H groups in total. The van der Waals surface area contributed by atoms with Gasteiger partial charge in [0.05, 0.1) is 25.4 Å². The second-order valence-corrected chi connectivity index (χ2v) is 5.07. The summed E-state index contributed by atoms with van der Waals surface area (Å²) >= 11 is 1.83. The number of thiophene rings is 1. The van der Waals surface area contributed by atoms with Crippen LogP contribution in [0.15, 0.2) is 12.1 Å². The van der Waals surface area contributed by atoms with Crippen LogP contribution in [0.25, 0.3) is 0 Å². The van der Waals surface area contributed by atoms with Crippen LogP contribution in [0.4, 0.5) is 0 Å². The van der Waals surface area contributed by atoms with Crippen molar-refractivity contribution in [1.82, 2.24) is 5.32 Å². The first kappa shape index (κ1) is 11.1. The van der Waals surface area contributed by atoms with E-state index >= 15 is 0 Å². The first-order valence-corrected chi connectivity index (χ1v) is 6.18. The van der Waals surface area contributed by atoms with Gasteiger partial charge in [0, 0.05) is 16.3 Å². The molecule has 0 aliphatic carbocycles. The van der Waals surface area contributed by atoms with Crippen LogP contribution in [0.5, 0.6) is 0 Å². The van der Waals surface area contributed by atoms with E-state index in [4.69, 9.17) is 4.74 Å². The molecule has 0 amide bonds. The van der Waals surface area contributed by atoms with E-state index in [0.29, 0.717) is 13.2 Å². The van der Waals surface area contributed by atoms with Crippen LogP contribution < -0.4 is 5.32 Å². The molecule has 0 saturated carbocycles. The molecule has 2 unspecified atom stereocenters. The minimum absolute atomic E-state index is 0.0946. The van der Waals surface area contributed by atoms with E-state index in [1.807, 2.05) is 11.3 Å². The first-order valence-electron chi connectivity index (χ1n) is 5.36. The number of aliphatic hydroxyl groups is 1. The summed E-state index contributed by atoms with van der Waals surface area (Å²) in [5, 5.41) is 12.9. The first-order chi connectivity index (χ1) is 7.29. The minimum atomic E-state index is -0.351. The Morgan fingerprint density at radius 3 is 2.87 bits per heavy atom. The van der Waals surface area contributed by atoms with Gasteiger partial charge in [-0.25, -0.2) is 0 Å². The Balaban J connectivity index is 1.82. The summed E-state index contributed by atoms with van der Waals surface area (Å²) < 4.78 is 5.18. The Bertz CT molecular complexity index is 313. The van der Waals surface area contributed by atoms with Crippen LogP contribution in [0.3, 0.4) is 0 Å². The highest BCUT2D eigenvalue weighted by atomic mass is 32.1. The Morgan fingerprint density at radius 1 is 1.47 bits per heavy atom. The Kier molecular flexibility index (Phi) is 3.75. The Morgan fingerprint density at radius 2 is 2.27 bits per heavy atom. The van der Waals surface area contributed by atoms with Gasteiger partial charge in [-0.05, 0) is 18.6 Å². The zero-order valence-electron chi connectivity index (χ0n) is 8.90. The molecule has 1 aliphatic heterocycles. The second kappa shape index (κ2) is 5.07. The average molecular weight is 227 g/mol. The van der Waals surface area contributed by atoms with Crippen LogP contribution in [-0.2, 0) is 17.7 Å². The summed E-state index contributed by atoms with van der Waals surface area (Å²) in [6.07, 6.45) is 0.746. The van der Waals surface area contributed by atoms with E-state index in [9.17, 15) is 5.11 Å². The summed E-state index contributed by atoms with van der Waals surface area (Å²) in [7, 11) is 0. The van der Waals surface area contributed by atoms with Crippen LogP contribution in [0, 0.1) is 0 Å². The summed E-state index contributed by atoms with van der Waals surface area (Å²) in [6.45, 7) is 4.07. The number of ether oxygens (including phenoxy) is 1. The number of hydrogen-bond donors (Lipinski definition) is 2. The third kappa shape index (κ3) is 2.78. The fourth-order valence-corrected chi connectivity index (χ4v) is 2.59. The predicted octanol–water partition coefficient (Wildman–Crippen LogP) is 1.16. The van der Waals surface area contributed by atoms with Gasteiger partial charge < -0.3 is 15.2 Å². The van der Waals surface area contributed by atoms with Crippen LogP contribution in [-0.4, -0.2) is 30.5 Å². The average Bonchev–Trinajstić information content (AvgIpc) is 2.84. The lowest BCUT2D eigenvalue weighted by Crippen LogP contribution is -2.38. The molecule has 3 nitrogen and oxygen atoms in total. The van der Waals surface area contributed by atoms with Crippen molar-refractivity contribution in [2.45, 2.75) is 32.0 Å². The van der Waals surface area contributed by atoms with Crippen molar-refractivity contribution < 1.29 is 9.84 Å². The lowest BCUT2D eigenvalue weighted by molar-refractivity contribution is 0.122. The van der Waals surface area contributed by atoms with E-state index < -0.39 is 0 Å². The normalized spacial score (nSPS) is 26.0. The molecule has 0 bridgehead atoms. The molecular weight excluding hydrogens is 210 g/mol. The molecule has 0 radical (unpaired) electrons. The molecule has 1 aromatic rings. The number of rotatable bonds is 4. The fraction of sp³-hybridized carbons (Fsp3) is 0.636. The number of nitrogens with one attached hydrogen (secondary N) is 1. The number of hydrogen-bond acceptors (Lipinski definition) is 4. The molecule has 2 atom stereocenters. The van der Waals surface area contributed by atoms with Crippen molar-refractivity contribution in [3.63, 3.8) is 0 Å². The predicted molar refractivity (Wildman–Crippen MR) is 61.2 cm³/mol. The van der Waals surface area contributed by atoms with E-state index in [2.05, 4.69) is 24.4 Å². The zero-order chi connectivity index (χ0) is 10.7. The standard InChI is InChI=1S/C11H17NO2S/c1-2-8-3-4-9(15-8)5-12-10-6-14-7-11(10)13/h3-4,10-13H,2,5-7H2,1H3. The molecule has 2 rings (SSSR count). The summed E-state index contributed by atoms with van der Waals surface area (Å²) in [5.41, 5.74) is 0. The molecule has 1 aromatic heterocycles. The van der Waals surface area contributed by atoms with E-state index in [1.165, 1.54) is 9.75 Å². The molecule has 2 heterocycles. The monoisotopic (exact) mass is 227 g/mol. The van der Waals surface area contributed by atoms with Crippen molar-refractivity contribution in [3.8, 4) is 0 Å². The molecule has 0 spiro atoms. The topological polar surface area (TPSA) is 41.5 Å². The number of aliphatic hydroxyl groups excluding tert-OH is 1. The fourth-order valence-electron chi connectivity index (χ4n) is 1.68. The number of aryl methyl sites for hydroxylation is 1. The van der Waals surface area contributed by atoms with Gasteiger partial charge in [0.15, 0.2) is 0 Å². The van der Waals surface area contributed by atoms with E-state index in [0.717, 1.165) is 13.0 Å². The molecule has 1 fully saturated rings. The van der Waals surface area contributed by atoms with E-state index in [1.54, 1.807) is 0 Å². The van der Waals surface area contributed by atoms with Gasteiger partial charge >= 0.3 is 0 Å². The molecule has 1 saturated heterocycles. The van der Waals surface area contributed by atoms with Crippen molar-refractivity contribution in [1.29, 1.82) is 0 Å². The van der Waals surface area contributed by atoms with Crippen molar-refractivity contribution in [2.75, 3.05) is 13.2 Å². The van der Waals surface area contributed by atoms with E-state index in [-0.39, 0.29) is 12.1 Å². The van der Waals surface area contributed by atoms with Gasteiger partial charge in [-0.3, -0.25) is 0 Å². The van der Waals surface area contributed by atoms with Gasteiger partial charge in [-0.1, -0.05) is 6.92 Å². The highest BCUT2D eigenvalue weighted by molar-refractivity contribution is 7.11. The molecule has 4 heteroatoms. The molecular formula is C11H17NO2S. The maximum absolute atomic E-state index is 9.53. The second-order valence-electron chi connectivity index (χ2n) is 3.81. The third-order valence-corrected chi connectivity index (χ3v) is 3.88. The lowest BCUT2D eigenvalue weighted by atomic mass is 10.2. The Labute approximate surface area is 94.1 Å². The third-order valence-electron chi connectivity index (χ3n) is 2.65. The van der Waals surface area contributed by atoms with Crippen molar-refractivity contribution in [2.24, 2.45) is 0 Å². The lowest BCUT2D eigenvalue weighted by Gasteiger charge is -2.13. The van der Waals surface area contributed by atoms with Gasteiger partial charge in [-0.2, -0.15) is 0 Å². The molecule has 84 valence electrons. The van der Waals surface area contributed by atoms with Crippen molar-refractivity contribution in [3.05, 3.63) is 21.9 Å². The zero-order valence-corrected chi connectivity index (χ0v) is 9.72. The van der Waals surface area contributed by atoms with Gasteiger partial charge in [0.1, 0.15) is 0 Å². The smallest absolute Gasteiger partial charge is 0.0948 e. The maximum Gasteiger partial charge on any atom is 0.0948 e. The largest absolute Gasteiger partial charge is 0.389 e. The summed E-state index contributed by atoms with van der Waals surface area (Å²) in [5.74, 6) is 0. The minimum Gasteiger partial charge on any atom is -0.389 e. The van der Waals surface area contributed by atoms with Gasteiger partial charge in [0.2, 0.25) is 0 Å². The Hall–Kier alpha value is -0.420. The van der Waals surface area contributed by atoms with Crippen LogP contribution in [0.1, 0.15) is 16.7 Å². The van der Waals surface area contributed by atoms with Crippen LogP contribution >= 0.6 is 11.3 Å². The van der Waals surface area contributed by atoms with Crippen molar-refractivity contribution >= 4 is 11.3 Å². The van der Waals surface area contributed by atoms with Gasteiger partial charge in [0.25, 0.3) is 0 Å². The summed E-state index contributed by atoms with van der Waals surface area (Å²) in [4.78, 5) is 2.74. The quantitative estimate of drug-likeness (QED) is 0.811. The molecule has 0 aromatic carbocycles.